The Balaban J connectivity index is 1.55. The Labute approximate surface area is 161 Å². The van der Waals surface area contributed by atoms with Gasteiger partial charge in [0.25, 0.3) is 0 Å². The number of anilines is 1. The Kier molecular flexibility index (Phi) is 6.32. The van der Waals surface area contributed by atoms with E-state index in [9.17, 15) is 10.1 Å². The quantitative estimate of drug-likeness (QED) is 0.599. The second kappa shape index (κ2) is 8.52. The monoisotopic (exact) mass is 376 g/mol. The lowest BCUT2D eigenvalue weighted by Gasteiger charge is -2.48. The first-order chi connectivity index (χ1) is 12.9. The average molecular weight is 377 g/mol. The van der Waals surface area contributed by atoms with E-state index in [1.807, 2.05) is 6.92 Å². The van der Waals surface area contributed by atoms with Gasteiger partial charge in [-0.2, -0.15) is 0 Å². The van der Waals surface area contributed by atoms with Gasteiger partial charge in [0.1, 0.15) is 0 Å². The van der Waals surface area contributed by atoms with E-state index in [4.69, 9.17) is 4.74 Å². The highest BCUT2D eigenvalue weighted by atomic mass is 16.6. The van der Waals surface area contributed by atoms with Crippen LogP contribution >= 0.6 is 0 Å². The molecule has 0 unspecified atom stereocenters. The minimum absolute atomic E-state index is 0.0595. The molecule has 0 amide bonds. The predicted molar refractivity (Wildman–Crippen MR) is 106 cm³/mol. The number of likely N-dealkylation sites (tertiary alicyclic amines) is 1. The van der Waals surface area contributed by atoms with Crippen molar-refractivity contribution in [2.24, 2.45) is 0 Å². The first kappa shape index (κ1) is 20.0. The van der Waals surface area contributed by atoms with E-state index in [1.165, 1.54) is 18.9 Å². The van der Waals surface area contributed by atoms with E-state index in [1.54, 1.807) is 6.07 Å². The van der Waals surface area contributed by atoms with E-state index in [-0.39, 0.29) is 22.2 Å². The van der Waals surface area contributed by atoms with Gasteiger partial charge in [0.05, 0.1) is 11.0 Å². The van der Waals surface area contributed by atoms with E-state index in [2.05, 4.69) is 29.0 Å². The molecule has 1 saturated carbocycles. The van der Waals surface area contributed by atoms with E-state index < -0.39 is 0 Å². The largest absolute Gasteiger partial charge is 0.379 e. The third-order valence-electron chi connectivity index (χ3n) is 6.22. The first-order valence-corrected chi connectivity index (χ1v) is 10.2. The van der Waals surface area contributed by atoms with E-state index >= 15 is 0 Å². The van der Waals surface area contributed by atoms with Gasteiger partial charge in [0.2, 0.25) is 5.82 Å². The Hall–Kier alpha value is -1.73. The maximum atomic E-state index is 11.3. The van der Waals surface area contributed by atoms with E-state index in [0.29, 0.717) is 11.9 Å². The lowest BCUT2D eigenvalue weighted by atomic mass is 9.79. The molecule has 2 fully saturated rings. The summed E-state index contributed by atoms with van der Waals surface area (Å²) in [6.07, 6.45) is 7.04. The van der Waals surface area contributed by atoms with Gasteiger partial charge in [0, 0.05) is 43.0 Å². The van der Waals surface area contributed by atoms with Crippen LogP contribution < -0.4 is 5.32 Å². The fourth-order valence-electron chi connectivity index (χ4n) is 4.49. The number of hydrogen-bond acceptors (Lipinski definition) is 6. The van der Waals surface area contributed by atoms with Crippen molar-refractivity contribution in [3.63, 3.8) is 0 Å². The van der Waals surface area contributed by atoms with Crippen molar-refractivity contribution in [2.75, 3.05) is 25.0 Å². The normalized spacial score (nSPS) is 27.4. The van der Waals surface area contributed by atoms with Crippen molar-refractivity contribution in [3.8, 4) is 0 Å². The molecule has 7 nitrogen and oxygen atoms in total. The third kappa shape index (κ3) is 4.76. The highest BCUT2D eigenvalue weighted by Crippen LogP contribution is 2.36. The van der Waals surface area contributed by atoms with Gasteiger partial charge in [-0.15, -0.1) is 0 Å². The number of nitro groups is 1. The van der Waals surface area contributed by atoms with Gasteiger partial charge in [-0.05, 0) is 65.4 Å². The van der Waals surface area contributed by atoms with E-state index in [0.717, 1.165) is 51.1 Å². The molecule has 1 aliphatic heterocycles. The number of hydrogen-bond donors (Lipinski definition) is 1. The zero-order valence-electron chi connectivity index (χ0n) is 16.7. The average Bonchev–Trinajstić information content (AvgIpc) is 2.64. The Bertz CT molecular complexity index is 651. The predicted octanol–water partition coefficient (Wildman–Crippen LogP) is 3.91. The van der Waals surface area contributed by atoms with Gasteiger partial charge in [-0.3, -0.25) is 15.0 Å². The zero-order valence-corrected chi connectivity index (χ0v) is 16.7. The number of ether oxygens (including phenoxy) is 1. The lowest BCUT2D eigenvalue weighted by Crippen LogP contribution is -2.53. The van der Waals surface area contributed by atoms with Crippen LogP contribution in [0.1, 0.15) is 58.1 Å². The van der Waals surface area contributed by atoms with Crippen molar-refractivity contribution in [1.82, 2.24) is 9.88 Å². The Morgan fingerprint density at radius 2 is 1.96 bits per heavy atom. The molecule has 0 atom stereocenters. The summed E-state index contributed by atoms with van der Waals surface area (Å²) in [5.74, 6) is 0.405. The summed E-state index contributed by atoms with van der Waals surface area (Å²) in [5, 5.41) is 14.6. The summed E-state index contributed by atoms with van der Waals surface area (Å²) in [5.41, 5.74) is 1.11. The molecule has 0 bridgehead atoms. The van der Waals surface area contributed by atoms with Crippen LogP contribution in [0.5, 0.6) is 0 Å². The van der Waals surface area contributed by atoms with Crippen LogP contribution in [0.15, 0.2) is 12.1 Å². The standard InChI is InChI=1S/C20H32N4O3/c1-4-27-17-7-11-20(3,12-8-17)23-13-9-16(10-14-23)22-19-18(24(25)26)6-5-15(2)21-19/h5-6,16-17H,4,7-14H2,1-3H3,(H,21,22)/t17-,20-. The third-order valence-corrected chi connectivity index (χ3v) is 6.22. The molecule has 150 valence electrons. The number of aromatic nitrogens is 1. The molecular formula is C20H32N4O3. The summed E-state index contributed by atoms with van der Waals surface area (Å²) < 4.78 is 5.80. The van der Waals surface area contributed by atoms with Crippen molar-refractivity contribution in [1.29, 1.82) is 0 Å². The van der Waals surface area contributed by atoms with Crippen LogP contribution in [0, 0.1) is 17.0 Å². The topological polar surface area (TPSA) is 80.5 Å². The summed E-state index contributed by atoms with van der Waals surface area (Å²) >= 11 is 0. The molecule has 1 aliphatic carbocycles. The fraction of sp³-hybridized carbons (Fsp3) is 0.750. The molecule has 1 saturated heterocycles. The van der Waals surface area contributed by atoms with Gasteiger partial charge in [-0.25, -0.2) is 4.98 Å². The lowest BCUT2D eigenvalue weighted by molar-refractivity contribution is -0.384. The molecule has 2 heterocycles. The molecule has 27 heavy (non-hydrogen) atoms. The smallest absolute Gasteiger partial charge is 0.311 e. The van der Waals surface area contributed by atoms with Crippen LogP contribution in [-0.4, -0.2) is 52.2 Å². The number of aryl methyl sites for hydroxylation is 1. The number of piperidine rings is 1. The molecule has 7 heteroatoms. The van der Waals surface area contributed by atoms with Crippen LogP contribution in [0.4, 0.5) is 11.5 Å². The molecule has 0 spiro atoms. The number of nitrogens with zero attached hydrogens (tertiary/aromatic N) is 3. The van der Waals surface area contributed by atoms with Crippen molar-refractivity contribution < 1.29 is 9.66 Å². The summed E-state index contributed by atoms with van der Waals surface area (Å²) in [7, 11) is 0. The van der Waals surface area contributed by atoms with Crippen molar-refractivity contribution >= 4 is 11.5 Å². The van der Waals surface area contributed by atoms with Crippen molar-refractivity contribution in [3.05, 3.63) is 27.9 Å². The summed E-state index contributed by atoms with van der Waals surface area (Å²) in [4.78, 5) is 17.9. The first-order valence-electron chi connectivity index (χ1n) is 10.2. The highest BCUT2D eigenvalue weighted by molar-refractivity contribution is 5.56. The van der Waals surface area contributed by atoms with Gasteiger partial charge in [-0.1, -0.05) is 0 Å². The minimum Gasteiger partial charge on any atom is -0.379 e. The van der Waals surface area contributed by atoms with Crippen LogP contribution in [0.25, 0.3) is 0 Å². The number of nitrogens with one attached hydrogen (secondary N) is 1. The second-order valence-corrected chi connectivity index (χ2v) is 8.13. The van der Waals surface area contributed by atoms with Gasteiger partial charge < -0.3 is 10.1 Å². The maximum Gasteiger partial charge on any atom is 0.311 e. The molecule has 1 N–H and O–H groups in total. The molecule has 2 aliphatic rings. The molecule has 0 radical (unpaired) electrons. The summed E-state index contributed by atoms with van der Waals surface area (Å²) in [6, 6.07) is 3.46. The molecule has 1 aromatic rings. The molecule has 3 rings (SSSR count). The van der Waals surface area contributed by atoms with Gasteiger partial charge >= 0.3 is 5.69 Å². The second-order valence-electron chi connectivity index (χ2n) is 8.13. The van der Waals surface area contributed by atoms with Crippen LogP contribution in [-0.2, 0) is 4.74 Å². The maximum absolute atomic E-state index is 11.3. The molecular weight excluding hydrogens is 344 g/mol. The zero-order chi connectivity index (χ0) is 19.4. The Morgan fingerprint density at radius 1 is 1.30 bits per heavy atom. The highest BCUT2D eigenvalue weighted by Gasteiger charge is 2.38. The summed E-state index contributed by atoms with van der Waals surface area (Å²) in [6.45, 7) is 9.16. The van der Waals surface area contributed by atoms with Crippen molar-refractivity contribution in [2.45, 2.75) is 77.0 Å². The molecule has 0 aromatic carbocycles. The molecule has 1 aromatic heterocycles. The minimum atomic E-state index is -0.359. The Morgan fingerprint density at radius 3 is 2.56 bits per heavy atom. The number of rotatable bonds is 6. The SMILES string of the molecule is CCO[C@H]1CC[C@](C)(N2CCC(Nc3nc(C)ccc3[N+](=O)[O-])CC2)CC1. The number of pyridine rings is 1. The van der Waals surface area contributed by atoms with Crippen LogP contribution in [0.2, 0.25) is 0 Å². The van der Waals surface area contributed by atoms with Gasteiger partial charge in [0.15, 0.2) is 0 Å². The van der Waals surface area contributed by atoms with Crippen LogP contribution in [0.3, 0.4) is 0 Å². The fourth-order valence-corrected chi connectivity index (χ4v) is 4.49.